The van der Waals surface area contributed by atoms with Crippen LogP contribution in [0.3, 0.4) is 0 Å². The molecule has 1 aromatic heterocycles. The van der Waals surface area contributed by atoms with Gasteiger partial charge in [-0.1, -0.05) is 31.1 Å². The Kier molecular flexibility index (Phi) is 5.89. The lowest BCUT2D eigenvalue weighted by Gasteiger charge is -2.18. The van der Waals surface area contributed by atoms with Crippen molar-refractivity contribution in [1.29, 1.82) is 0 Å². The summed E-state index contributed by atoms with van der Waals surface area (Å²) in [5.74, 6) is 0.0305. The summed E-state index contributed by atoms with van der Waals surface area (Å²) in [6.07, 6.45) is 1.32. The zero-order valence-corrected chi connectivity index (χ0v) is 17.0. The second kappa shape index (κ2) is 7.45. The summed E-state index contributed by atoms with van der Waals surface area (Å²) in [5.41, 5.74) is 1.42. The molecule has 1 heterocycles. The minimum atomic E-state index is -3.86. The molecule has 0 spiro atoms. The van der Waals surface area contributed by atoms with E-state index in [0.29, 0.717) is 12.0 Å². The van der Waals surface area contributed by atoms with Crippen LogP contribution in [-0.4, -0.2) is 33.3 Å². The molecule has 0 aliphatic carbocycles. The van der Waals surface area contributed by atoms with Gasteiger partial charge in [0.1, 0.15) is 6.04 Å². The van der Waals surface area contributed by atoms with Crippen LogP contribution >= 0.6 is 0 Å². The number of aryl methyl sites for hydroxylation is 2. The standard InChI is InChI=1S/C16H23N3O5S2/c1-10(2)8-13(15-17-18-16(24-15)25(5,20)21)19-26(22,23)14-9-11(3)6-7-12(14)4/h6-7,9-10,13,19H,8H2,1-5H3/t13-/m0/s1. The van der Waals surface area contributed by atoms with E-state index in [0.717, 1.165) is 11.8 Å². The van der Waals surface area contributed by atoms with E-state index in [1.54, 1.807) is 26.0 Å². The minimum absolute atomic E-state index is 0.0759. The van der Waals surface area contributed by atoms with Crippen LogP contribution in [0.2, 0.25) is 0 Å². The SMILES string of the molecule is Cc1ccc(C)c(S(=O)(=O)N[C@@H](CC(C)C)c2nnc(S(C)(=O)=O)o2)c1. The van der Waals surface area contributed by atoms with Crippen molar-refractivity contribution in [2.24, 2.45) is 5.92 Å². The number of rotatable bonds is 7. The Balaban J connectivity index is 2.42. The molecule has 0 saturated carbocycles. The summed E-state index contributed by atoms with van der Waals surface area (Å²) >= 11 is 0. The Labute approximate surface area is 154 Å². The van der Waals surface area contributed by atoms with Crippen LogP contribution in [0.25, 0.3) is 0 Å². The average molecular weight is 402 g/mol. The number of benzene rings is 1. The molecule has 10 heteroatoms. The number of nitrogens with one attached hydrogen (secondary N) is 1. The highest BCUT2D eigenvalue weighted by Gasteiger charge is 2.29. The van der Waals surface area contributed by atoms with Crippen LogP contribution < -0.4 is 4.72 Å². The molecular weight excluding hydrogens is 378 g/mol. The molecular formula is C16H23N3O5S2. The lowest BCUT2D eigenvalue weighted by atomic mass is 10.0. The summed E-state index contributed by atoms with van der Waals surface area (Å²) in [4.78, 5) is 0.161. The Morgan fingerprint density at radius 3 is 2.31 bits per heavy atom. The third-order valence-corrected chi connectivity index (χ3v) is 6.09. The molecule has 1 aromatic carbocycles. The van der Waals surface area contributed by atoms with E-state index in [2.05, 4.69) is 14.9 Å². The van der Waals surface area contributed by atoms with E-state index in [4.69, 9.17) is 4.42 Å². The maximum Gasteiger partial charge on any atom is 0.335 e. The molecule has 1 N–H and O–H groups in total. The molecule has 1 atom stereocenters. The summed E-state index contributed by atoms with van der Waals surface area (Å²) in [7, 11) is -7.53. The fraction of sp³-hybridized carbons (Fsp3) is 0.500. The number of hydrogen-bond acceptors (Lipinski definition) is 7. The van der Waals surface area contributed by atoms with Gasteiger partial charge in [-0.15, -0.1) is 5.10 Å². The second-order valence-electron chi connectivity index (χ2n) is 6.75. The predicted octanol–water partition coefficient (Wildman–Crippen LogP) is 2.16. The number of nitrogens with zero attached hydrogens (tertiary/aromatic N) is 2. The maximum atomic E-state index is 12.9. The molecule has 8 nitrogen and oxygen atoms in total. The summed E-state index contributed by atoms with van der Waals surface area (Å²) in [6, 6.07) is 4.31. The second-order valence-corrected chi connectivity index (χ2v) is 10.3. The summed E-state index contributed by atoms with van der Waals surface area (Å²) < 4.78 is 56.6. The number of sulfone groups is 1. The van der Waals surface area contributed by atoms with Crippen LogP contribution in [0.4, 0.5) is 0 Å². The third kappa shape index (κ3) is 4.89. The van der Waals surface area contributed by atoms with Gasteiger partial charge in [0.05, 0.1) is 4.90 Å². The smallest absolute Gasteiger partial charge is 0.335 e. The maximum absolute atomic E-state index is 12.9. The first kappa shape index (κ1) is 20.5. The molecule has 0 radical (unpaired) electrons. The van der Waals surface area contributed by atoms with Gasteiger partial charge in [0.15, 0.2) is 0 Å². The number of aromatic nitrogens is 2. The summed E-state index contributed by atoms with van der Waals surface area (Å²) in [6.45, 7) is 7.33. The van der Waals surface area contributed by atoms with Crippen molar-refractivity contribution < 1.29 is 21.3 Å². The Bertz CT molecular complexity index is 995. The van der Waals surface area contributed by atoms with Gasteiger partial charge in [0.25, 0.3) is 0 Å². The molecule has 0 saturated heterocycles. The molecule has 2 aromatic rings. The van der Waals surface area contributed by atoms with Crippen molar-refractivity contribution in [2.75, 3.05) is 6.26 Å². The third-order valence-electron chi connectivity index (χ3n) is 3.68. The molecule has 2 rings (SSSR count). The molecule has 0 fully saturated rings. The Morgan fingerprint density at radius 1 is 1.12 bits per heavy atom. The van der Waals surface area contributed by atoms with Gasteiger partial charge in [-0.2, -0.15) is 4.72 Å². The fourth-order valence-corrected chi connectivity index (χ4v) is 4.39. The highest BCUT2D eigenvalue weighted by Crippen LogP contribution is 2.25. The van der Waals surface area contributed by atoms with Gasteiger partial charge in [0, 0.05) is 6.26 Å². The first-order valence-corrected chi connectivity index (χ1v) is 11.4. The molecule has 26 heavy (non-hydrogen) atoms. The topological polar surface area (TPSA) is 119 Å². The van der Waals surface area contributed by atoms with Crippen LogP contribution in [0.5, 0.6) is 0 Å². The highest BCUT2D eigenvalue weighted by atomic mass is 32.2. The van der Waals surface area contributed by atoms with Gasteiger partial charge in [-0.3, -0.25) is 0 Å². The Morgan fingerprint density at radius 2 is 1.77 bits per heavy atom. The van der Waals surface area contributed by atoms with Gasteiger partial charge >= 0.3 is 5.22 Å². The van der Waals surface area contributed by atoms with E-state index < -0.39 is 31.1 Å². The first-order chi connectivity index (χ1) is 11.9. The van der Waals surface area contributed by atoms with Crippen molar-refractivity contribution in [3.05, 3.63) is 35.2 Å². The van der Waals surface area contributed by atoms with Crippen LogP contribution in [-0.2, 0) is 19.9 Å². The lowest BCUT2D eigenvalue weighted by Crippen LogP contribution is -2.30. The molecule has 0 amide bonds. The number of sulfonamides is 1. The average Bonchev–Trinajstić information content (AvgIpc) is 2.98. The first-order valence-electron chi connectivity index (χ1n) is 8.03. The van der Waals surface area contributed by atoms with Crippen molar-refractivity contribution >= 4 is 19.9 Å². The van der Waals surface area contributed by atoms with Crippen LogP contribution in [0, 0.1) is 19.8 Å². The van der Waals surface area contributed by atoms with E-state index in [-0.39, 0.29) is 16.7 Å². The predicted molar refractivity (Wildman–Crippen MR) is 95.8 cm³/mol. The zero-order valence-electron chi connectivity index (χ0n) is 15.3. The highest BCUT2D eigenvalue weighted by molar-refractivity contribution is 7.90. The van der Waals surface area contributed by atoms with Gasteiger partial charge in [0.2, 0.25) is 25.8 Å². The van der Waals surface area contributed by atoms with E-state index in [9.17, 15) is 16.8 Å². The van der Waals surface area contributed by atoms with Gasteiger partial charge in [-0.25, -0.2) is 16.8 Å². The number of hydrogen-bond donors (Lipinski definition) is 1. The van der Waals surface area contributed by atoms with Gasteiger partial charge < -0.3 is 4.42 Å². The normalized spacial score (nSPS) is 13.9. The molecule has 0 bridgehead atoms. The van der Waals surface area contributed by atoms with Gasteiger partial charge in [-0.05, 0) is 43.4 Å². The van der Waals surface area contributed by atoms with E-state index in [1.165, 1.54) is 0 Å². The molecule has 144 valence electrons. The van der Waals surface area contributed by atoms with Crippen molar-refractivity contribution in [3.8, 4) is 0 Å². The van der Waals surface area contributed by atoms with Crippen molar-refractivity contribution in [2.45, 2.75) is 50.3 Å². The fourth-order valence-electron chi connectivity index (χ4n) is 2.43. The quantitative estimate of drug-likeness (QED) is 0.755. The molecule has 0 aliphatic heterocycles. The molecule has 0 aliphatic rings. The van der Waals surface area contributed by atoms with E-state index in [1.807, 2.05) is 19.9 Å². The monoisotopic (exact) mass is 401 g/mol. The largest absolute Gasteiger partial charge is 0.411 e. The summed E-state index contributed by atoms with van der Waals surface area (Å²) in [5, 5.41) is 6.71. The van der Waals surface area contributed by atoms with Crippen molar-refractivity contribution in [1.82, 2.24) is 14.9 Å². The lowest BCUT2D eigenvalue weighted by molar-refractivity contribution is 0.340. The minimum Gasteiger partial charge on any atom is -0.411 e. The molecule has 0 unspecified atom stereocenters. The van der Waals surface area contributed by atoms with Crippen molar-refractivity contribution in [3.63, 3.8) is 0 Å². The van der Waals surface area contributed by atoms with E-state index >= 15 is 0 Å². The van der Waals surface area contributed by atoms with Crippen LogP contribution in [0.15, 0.2) is 32.7 Å². The zero-order chi connectivity index (χ0) is 19.7. The van der Waals surface area contributed by atoms with Crippen LogP contribution in [0.1, 0.15) is 43.3 Å². The Hall–Kier alpha value is -1.78.